The average molecular weight is 370 g/mol. The van der Waals surface area contributed by atoms with Gasteiger partial charge in [0.15, 0.2) is 0 Å². The number of aromatic nitrogens is 1. The zero-order valence-corrected chi connectivity index (χ0v) is 15.2. The number of hydrogen-bond acceptors (Lipinski definition) is 3. The summed E-state index contributed by atoms with van der Waals surface area (Å²) in [6, 6.07) is 11.9. The largest absolute Gasteiger partial charge is 0.455 e. The van der Waals surface area contributed by atoms with E-state index in [0.717, 1.165) is 0 Å². The summed E-state index contributed by atoms with van der Waals surface area (Å²) in [7, 11) is 0. The Hall–Kier alpha value is -2.61. The first-order chi connectivity index (χ1) is 12.5. The van der Waals surface area contributed by atoms with E-state index in [2.05, 4.69) is 10.9 Å². The standard InChI is InChI=1S/C21H17ClFNO2/c1-4-11-25-14(3)20-16(22)8-6-10-18(20)26-19-12-15-7-5-9-17(23)21(15)24-13(19)2/h1,5-10,12,14H,11H2,2-3H3. The molecule has 0 saturated carbocycles. The lowest BCUT2D eigenvalue weighted by atomic mass is 10.1. The van der Waals surface area contributed by atoms with E-state index in [1.807, 2.05) is 6.92 Å². The Kier molecular flexibility index (Phi) is 5.41. The Morgan fingerprint density at radius 3 is 2.77 bits per heavy atom. The van der Waals surface area contributed by atoms with Gasteiger partial charge in [0.2, 0.25) is 0 Å². The van der Waals surface area contributed by atoms with Crippen molar-refractivity contribution in [2.45, 2.75) is 20.0 Å². The van der Waals surface area contributed by atoms with Crippen molar-refractivity contribution in [1.29, 1.82) is 0 Å². The monoisotopic (exact) mass is 369 g/mol. The molecule has 0 amide bonds. The molecule has 3 rings (SSSR count). The Bertz CT molecular complexity index is 997. The summed E-state index contributed by atoms with van der Waals surface area (Å²) in [5.41, 5.74) is 1.59. The Balaban J connectivity index is 2.02. The highest BCUT2D eigenvalue weighted by molar-refractivity contribution is 6.31. The number of hydrogen-bond donors (Lipinski definition) is 0. The van der Waals surface area contributed by atoms with Crippen molar-refractivity contribution < 1.29 is 13.9 Å². The van der Waals surface area contributed by atoms with Gasteiger partial charge in [0.25, 0.3) is 0 Å². The first kappa shape index (κ1) is 18.2. The van der Waals surface area contributed by atoms with Crippen LogP contribution in [0.5, 0.6) is 11.5 Å². The van der Waals surface area contributed by atoms with Crippen molar-refractivity contribution in [3.63, 3.8) is 0 Å². The van der Waals surface area contributed by atoms with Crippen LogP contribution in [-0.4, -0.2) is 11.6 Å². The molecule has 0 bridgehead atoms. The van der Waals surface area contributed by atoms with Gasteiger partial charge in [-0.15, -0.1) is 6.42 Å². The van der Waals surface area contributed by atoms with Gasteiger partial charge in [-0.05, 0) is 38.1 Å². The number of nitrogens with zero attached hydrogens (tertiary/aromatic N) is 1. The summed E-state index contributed by atoms with van der Waals surface area (Å²) in [6.07, 6.45) is 4.91. The van der Waals surface area contributed by atoms with Crippen LogP contribution in [0.15, 0.2) is 42.5 Å². The van der Waals surface area contributed by atoms with Crippen molar-refractivity contribution >= 4 is 22.5 Å². The maximum absolute atomic E-state index is 13.9. The van der Waals surface area contributed by atoms with E-state index < -0.39 is 0 Å². The summed E-state index contributed by atoms with van der Waals surface area (Å²) in [6.45, 7) is 3.79. The van der Waals surface area contributed by atoms with Crippen LogP contribution in [0.3, 0.4) is 0 Å². The molecule has 0 aliphatic heterocycles. The molecule has 0 N–H and O–H groups in total. The molecule has 0 saturated heterocycles. The molecule has 3 aromatic rings. The summed E-state index contributed by atoms with van der Waals surface area (Å²) in [5.74, 6) is 3.14. The summed E-state index contributed by atoms with van der Waals surface area (Å²) in [5, 5.41) is 1.18. The van der Waals surface area contributed by atoms with E-state index in [9.17, 15) is 4.39 Å². The number of terminal acetylenes is 1. The van der Waals surface area contributed by atoms with Gasteiger partial charge in [0, 0.05) is 10.9 Å². The van der Waals surface area contributed by atoms with E-state index in [4.69, 9.17) is 27.5 Å². The number of halogens is 2. The van der Waals surface area contributed by atoms with Gasteiger partial charge >= 0.3 is 0 Å². The van der Waals surface area contributed by atoms with Crippen LogP contribution in [-0.2, 0) is 4.74 Å². The third kappa shape index (κ3) is 3.65. The van der Waals surface area contributed by atoms with Crippen LogP contribution in [0.4, 0.5) is 4.39 Å². The zero-order valence-electron chi connectivity index (χ0n) is 14.4. The van der Waals surface area contributed by atoms with Crippen LogP contribution < -0.4 is 4.74 Å². The molecule has 132 valence electrons. The fourth-order valence-electron chi connectivity index (χ4n) is 2.71. The minimum Gasteiger partial charge on any atom is -0.455 e. The topological polar surface area (TPSA) is 31.4 Å². The number of pyridine rings is 1. The van der Waals surface area contributed by atoms with Gasteiger partial charge < -0.3 is 9.47 Å². The van der Waals surface area contributed by atoms with Gasteiger partial charge in [0.1, 0.15) is 29.4 Å². The molecule has 26 heavy (non-hydrogen) atoms. The number of aryl methyl sites for hydroxylation is 1. The smallest absolute Gasteiger partial charge is 0.149 e. The molecular weight excluding hydrogens is 353 g/mol. The minimum absolute atomic E-state index is 0.168. The molecule has 0 spiro atoms. The fourth-order valence-corrected chi connectivity index (χ4v) is 3.03. The van der Waals surface area contributed by atoms with Crippen molar-refractivity contribution in [3.8, 4) is 23.8 Å². The maximum atomic E-state index is 13.9. The number of benzene rings is 2. The molecule has 1 atom stereocenters. The van der Waals surface area contributed by atoms with Crippen molar-refractivity contribution in [1.82, 2.24) is 4.98 Å². The second-order valence-electron chi connectivity index (χ2n) is 5.79. The highest BCUT2D eigenvalue weighted by Gasteiger charge is 2.18. The Morgan fingerprint density at radius 1 is 1.23 bits per heavy atom. The predicted octanol–water partition coefficient (Wildman–Crippen LogP) is 5.84. The van der Waals surface area contributed by atoms with Crippen molar-refractivity contribution in [2.24, 2.45) is 0 Å². The van der Waals surface area contributed by atoms with Crippen LogP contribution in [0.2, 0.25) is 5.02 Å². The highest BCUT2D eigenvalue weighted by Crippen LogP contribution is 2.37. The zero-order chi connectivity index (χ0) is 18.7. The highest BCUT2D eigenvalue weighted by atomic mass is 35.5. The molecule has 0 aliphatic carbocycles. The Labute approximate surface area is 156 Å². The van der Waals surface area contributed by atoms with Crippen LogP contribution in [0.1, 0.15) is 24.3 Å². The second kappa shape index (κ2) is 7.74. The lowest BCUT2D eigenvalue weighted by Crippen LogP contribution is -2.04. The quantitative estimate of drug-likeness (QED) is 0.529. The second-order valence-corrected chi connectivity index (χ2v) is 6.20. The third-order valence-electron chi connectivity index (χ3n) is 4.00. The summed E-state index contributed by atoms with van der Waals surface area (Å²) < 4.78 is 25.6. The molecular formula is C21H17ClFNO2. The van der Waals surface area contributed by atoms with E-state index >= 15 is 0 Å². The lowest BCUT2D eigenvalue weighted by Gasteiger charge is -2.19. The van der Waals surface area contributed by atoms with Crippen LogP contribution >= 0.6 is 11.6 Å². The number of fused-ring (bicyclic) bond motifs is 1. The molecule has 0 aliphatic rings. The third-order valence-corrected chi connectivity index (χ3v) is 4.33. The first-order valence-corrected chi connectivity index (χ1v) is 8.46. The molecule has 0 fully saturated rings. The lowest BCUT2D eigenvalue weighted by molar-refractivity contribution is 0.0910. The fraction of sp³-hybridized carbons (Fsp3) is 0.190. The molecule has 0 radical (unpaired) electrons. The molecule has 1 aromatic heterocycles. The molecule has 1 unspecified atom stereocenters. The van der Waals surface area contributed by atoms with E-state index in [1.165, 1.54) is 6.07 Å². The van der Waals surface area contributed by atoms with Gasteiger partial charge in [-0.1, -0.05) is 35.7 Å². The van der Waals surface area contributed by atoms with Crippen molar-refractivity contribution in [2.75, 3.05) is 6.61 Å². The average Bonchev–Trinajstić information content (AvgIpc) is 2.61. The predicted molar refractivity (Wildman–Crippen MR) is 101 cm³/mol. The van der Waals surface area contributed by atoms with E-state index in [-0.39, 0.29) is 18.5 Å². The van der Waals surface area contributed by atoms with Gasteiger partial charge in [-0.2, -0.15) is 0 Å². The van der Waals surface area contributed by atoms with Crippen LogP contribution in [0.25, 0.3) is 10.9 Å². The van der Waals surface area contributed by atoms with Crippen LogP contribution in [0, 0.1) is 25.1 Å². The number of rotatable bonds is 5. The summed E-state index contributed by atoms with van der Waals surface area (Å²) >= 11 is 6.35. The minimum atomic E-state index is -0.364. The first-order valence-electron chi connectivity index (χ1n) is 8.08. The SMILES string of the molecule is C#CCOC(C)c1c(Cl)cccc1Oc1cc2cccc(F)c2nc1C. The number of ether oxygens (including phenoxy) is 2. The van der Waals surface area contributed by atoms with Crippen molar-refractivity contribution in [3.05, 3.63) is 64.6 Å². The van der Waals surface area contributed by atoms with Gasteiger partial charge in [-0.3, -0.25) is 0 Å². The van der Waals surface area contributed by atoms with Gasteiger partial charge in [0.05, 0.1) is 16.8 Å². The van der Waals surface area contributed by atoms with E-state index in [0.29, 0.717) is 38.7 Å². The maximum Gasteiger partial charge on any atom is 0.149 e. The molecule has 3 nitrogen and oxygen atoms in total. The molecule has 5 heteroatoms. The number of para-hydroxylation sites is 1. The van der Waals surface area contributed by atoms with E-state index in [1.54, 1.807) is 43.3 Å². The molecule has 2 aromatic carbocycles. The summed E-state index contributed by atoms with van der Waals surface area (Å²) in [4.78, 5) is 4.33. The Morgan fingerprint density at radius 2 is 2.00 bits per heavy atom. The van der Waals surface area contributed by atoms with Gasteiger partial charge in [-0.25, -0.2) is 9.37 Å². The normalized spacial score (nSPS) is 12.0. The molecule has 1 heterocycles.